The molecule has 0 aliphatic heterocycles. The van der Waals surface area contributed by atoms with Crippen molar-refractivity contribution in [2.45, 2.75) is 32.4 Å². The van der Waals surface area contributed by atoms with E-state index in [1.165, 1.54) is 6.07 Å². The Hall–Kier alpha value is -1.00. The molecule has 0 saturated carbocycles. The molecule has 0 saturated heterocycles. The number of benzene rings is 1. The Labute approximate surface area is 94.4 Å². The fourth-order valence-corrected chi connectivity index (χ4v) is 1.13. The van der Waals surface area contributed by atoms with Gasteiger partial charge in [0.25, 0.3) is 0 Å². The van der Waals surface area contributed by atoms with E-state index in [-0.39, 0.29) is 12.1 Å². The molecule has 2 nitrogen and oxygen atoms in total. The number of hydrogen-bond acceptors (Lipinski definition) is 2. The summed E-state index contributed by atoms with van der Waals surface area (Å²) in [5.41, 5.74) is 6.10. The SMILES string of the molecule is CCC(C)(N)COCc1ccc(F)c(F)c1. The molecule has 0 bridgehead atoms. The van der Waals surface area contributed by atoms with Gasteiger partial charge in [-0.1, -0.05) is 13.0 Å². The average molecular weight is 229 g/mol. The fraction of sp³-hybridized carbons (Fsp3) is 0.500. The van der Waals surface area contributed by atoms with E-state index in [4.69, 9.17) is 10.5 Å². The maximum Gasteiger partial charge on any atom is 0.159 e. The van der Waals surface area contributed by atoms with Gasteiger partial charge in [-0.05, 0) is 31.0 Å². The molecule has 1 aromatic carbocycles. The van der Waals surface area contributed by atoms with Gasteiger partial charge in [-0.15, -0.1) is 0 Å². The molecule has 0 radical (unpaired) electrons. The molecule has 4 heteroatoms. The van der Waals surface area contributed by atoms with E-state index in [0.29, 0.717) is 12.2 Å². The van der Waals surface area contributed by atoms with E-state index in [1.807, 2.05) is 13.8 Å². The average Bonchev–Trinajstić information content (AvgIpc) is 2.23. The first-order valence-electron chi connectivity index (χ1n) is 5.25. The zero-order valence-corrected chi connectivity index (χ0v) is 9.59. The van der Waals surface area contributed by atoms with Crippen LogP contribution in [0.15, 0.2) is 18.2 Å². The highest BCUT2D eigenvalue weighted by molar-refractivity contribution is 5.16. The standard InChI is InChI=1S/C12H17F2NO/c1-3-12(2,15)8-16-7-9-4-5-10(13)11(14)6-9/h4-6H,3,7-8,15H2,1-2H3. The van der Waals surface area contributed by atoms with Gasteiger partial charge in [0.1, 0.15) is 0 Å². The first kappa shape index (κ1) is 13.1. The molecule has 16 heavy (non-hydrogen) atoms. The second-order valence-electron chi connectivity index (χ2n) is 4.25. The molecule has 90 valence electrons. The largest absolute Gasteiger partial charge is 0.375 e. The molecule has 2 N–H and O–H groups in total. The lowest BCUT2D eigenvalue weighted by Crippen LogP contribution is -2.40. The van der Waals surface area contributed by atoms with Crippen molar-refractivity contribution in [2.24, 2.45) is 5.73 Å². The highest BCUT2D eigenvalue weighted by atomic mass is 19.2. The van der Waals surface area contributed by atoms with Crippen molar-refractivity contribution in [3.63, 3.8) is 0 Å². The second kappa shape index (κ2) is 5.37. The van der Waals surface area contributed by atoms with Gasteiger partial charge in [-0.25, -0.2) is 8.78 Å². The summed E-state index contributed by atoms with van der Waals surface area (Å²) in [5.74, 6) is -1.70. The molecule has 1 atom stereocenters. The van der Waals surface area contributed by atoms with Crippen LogP contribution in [0, 0.1) is 11.6 Å². The van der Waals surface area contributed by atoms with E-state index in [2.05, 4.69) is 0 Å². The predicted molar refractivity (Wildman–Crippen MR) is 58.9 cm³/mol. The maximum atomic E-state index is 12.9. The van der Waals surface area contributed by atoms with E-state index in [0.717, 1.165) is 18.6 Å². The number of hydrogen-bond donors (Lipinski definition) is 1. The van der Waals surface area contributed by atoms with Crippen LogP contribution < -0.4 is 5.73 Å². The molecule has 0 aliphatic carbocycles. The van der Waals surface area contributed by atoms with Crippen molar-refractivity contribution in [3.05, 3.63) is 35.4 Å². The lowest BCUT2D eigenvalue weighted by Gasteiger charge is -2.22. The first-order valence-corrected chi connectivity index (χ1v) is 5.25. The topological polar surface area (TPSA) is 35.2 Å². The normalized spacial score (nSPS) is 14.8. The van der Waals surface area contributed by atoms with Gasteiger partial charge in [0.2, 0.25) is 0 Å². The van der Waals surface area contributed by atoms with Crippen LogP contribution in [0.3, 0.4) is 0 Å². The number of ether oxygens (including phenoxy) is 1. The summed E-state index contributed by atoms with van der Waals surface area (Å²) in [7, 11) is 0. The number of halogens is 2. The monoisotopic (exact) mass is 229 g/mol. The molecule has 0 amide bonds. The minimum absolute atomic E-state index is 0.240. The quantitative estimate of drug-likeness (QED) is 0.842. The first-order chi connectivity index (χ1) is 7.44. The predicted octanol–water partition coefficient (Wildman–Crippen LogP) is 2.61. The zero-order valence-electron chi connectivity index (χ0n) is 9.59. The summed E-state index contributed by atoms with van der Waals surface area (Å²) in [6, 6.07) is 3.73. The van der Waals surface area contributed by atoms with E-state index in [9.17, 15) is 8.78 Å². The lowest BCUT2D eigenvalue weighted by molar-refractivity contribution is 0.0775. The lowest BCUT2D eigenvalue weighted by atomic mass is 10.0. The van der Waals surface area contributed by atoms with Crippen LogP contribution in [-0.2, 0) is 11.3 Å². The second-order valence-corrected chi connectivity index (χ2v) is 4.25. The smallest absolute Gasteiger partial charge is 0.159 e. The molecular weight excluding hydrogens is 212 g/mol. The Morgan fingerprint density at radius 1 is 1.31 bits per heavy atom. The van der Waals surface area contributed by atoms with Crippen molar-refractivity contribution in [2.75, 3.05) is 6.61 Å². The summed E-state index contributed by atoms with van der Waals surface area (Å²) in [5, 5.41) is 0. The Kier molecular flexibility index (Phi) is 4.38. The maximum absolute atomic E-state index is 12.9. The van der Waals surface area contributed by atoms with Crippen LogP contribution in [0.2, 0.25) is 0 Å². The number of nitrogens with two attached hydrogens (primary N) is 1. The van der Waals surface area contributed by atoms with Crippen molar-refractivity contribution >= 4 is 0 Å². The van der Waals surface area contributed by atoms with Gasteiger partial charge in [-0.2, -0.15) is 0 Å². The van der Waals surface area contributed by atoms with E-state index >= 15 is 0 Å². The minimum atomic E-state index is -0.855. The van der Waals surface area contributed by atoms with Crippen molar-refractivity contribution in [3.8, 4) is 0 Å². The Balaban J connectivity index is 2.46. The molecule has 0 spiro atoms. The Bertz CT molecular complexity index is 353. The molecule has 0 fully saturated rings. The highest BCUT2D eigenvalue weighted by Crippen LogP contribution is 2.11. The molecule has 1 unspecified atom stereocenters. The zero-order chi connectivity index (χ0) is 12.2. The fourth-order valence-electron chi connectivity index (χ4n) is 1.13. The summed E-state index contributed by atoms with van der Waals surface area (Å²) < 4.78 is 30.8. The van der Waals surface area contributed by atoms with Crippen LogP contribution in [-0.4, -0.2) is 12.1 Å². The third-order valence-electron chi connectivity index (χ3n) is 2.49. The third kappa shape index (κ3) is 3.87. The number of rotatable bonds is 5. The van der Waals surface area contributed by atoms with Crippen LogP contribution in [0.5, 0.6) is 0 Å². The van der Waals surface area contributed by atoms with Crippen LogP contribution in [0.4, 0.5) is 8.78 Å². The molecular formula is C12H17F2NO. The van der Waals surface area contributed by atoms with Crippen molar-refractivity contribution in [1.82, 2.24) is 0 Å². The van der Waals surface area contributed by atoms with Crippen LogP contribution >= 0.6 is 0 Å². The Morgan fingerprint density at radius 3 is 2.56 bits per heavy atom. The van der Waals surface area contributed by atoms with Crippen molar-refractivity contribution in [1.29, 1.82) is 0 Å². The van der Waals surface area contributed by atoms with Crippen LogP contribution in [0.1, 0.15) is 25.8 Å². The van der Waals surface area contributed by atoms with E-state index < -0.39 is 11.6 Å². The molecule has 1 rings (SSSR count). The summed E-state index contributed by atoms with van der Waals surface area (Å²) in [4.78, 5) is 0. The minimum Gasteiger partial charge on any atom is -0.375 e. The summed E-state index contributed by atoms with van der Waals surface area (Å²) >= 11 is 0. The van der Waals surface area contributed by atoms with Gasteiger partial charge >= 0.3 is 0 Å². The highest BCUT2D eigenvalue weighted by Gasteiger charge is 2.15. The van der Waals surface area contributed by atoms with Gasteiger partial charge < -0.3 is 10.5 Å². The third-order valence-corrected chi connectivity index (χ3v) is 2.49. The summed E-state index contributed by atoms with van der Waals surface area (Å²) in [6.07, 6.45) is 0.796. The van der Waals surface area contributed by atoms with Gasteiger partial charge in [0, 0.05) is 5.54 Å². The van der Waals surface area contributed by atoms with Crippen molar-refractivity contribution < 1.29 is 13.5 Å². The molecule has 0 heterocycles. The van der Waals surface area contributed by atoms with Gasteiger partial charge in [0.05, 0.1) is 13.2 Å². The molecule has 0 aromatic heterocycles. The van der Waals surface area contributed by atoms with Gasteiger partial charge in [-0.3, -0.25) is 0 Å². The Morgan fingerprint density at radius 2 is 2.00 bits per heavy atom. The molecule has 1 aromatic rings. The van der Waals surface area contributed by atoms with Crippen LogP contribution in [0.25, 0.3) is 0 Å². The van der Waals surface area contributed by atoms with Gasteiger partial charge in [0.15, 0.2) is 11.6 Å². The van der Waals surface area contributed by atoms with E-state index in [1.54, 1.807) is 0 Å². The summed E-state index contributed by atoms with van der Waals surface area (Å²) in [6.45, 7) is 4.49. The molecule has 0 aliphatic rings.